The lowest BCUT2D eigenvalue weighted by Gasteiger charge is -2.28. The summed E-state index contributed by atoms with van der Waals surface area (Å²) in [6.07, 6.45) is 1.74. The first-order valence-corrected chi connectivity index (χ1v) is 15.4. The molecule has 0 fully saturated rings. The zero-order valence-corrected chi connectivity index (χ0v) is 29.3. The number of hydrogen-bond acceptors (Lipinski definition) is 8. The second-order valence-corrected chi connectivity index (χ2v) is 14.2. The number of carbonyl (C=O) groups excluding carboxylic acids is 4. The molecule has 0 N–H and O–H groups in total. The van der Waals surface area contributed by atoms with Gasteiger partial charge >= 0.3 is 18.3 Å². The second kappa shape index (κ2) is 14.4. The van der Waals surface area contributed by atoms with E-state index in [4.69, 9.17) is 25.8 Å². The summed E-state index contributed by atoms with van der Waals surface area (Å²) in [4.78, 5) is 59.7. The highest BCUT2D eigenvalue weighted by Crippen LogP contribution is 2.29. The van der Waals surface area contributed by atoms with Gasteiger partial charge in [0.05, 0.1) is 10.7 Å². The maximum Gasteiger partial charge on any atom is 0.425 e. The third-order valence-corrected chi connectivity index (χ3v) is 6.06. The van der Waals surface area contributed by atoms with Crippen molar-refractivity contribution in [3.63, 3.8) is 0 Å². The normalized spacial score (nSPS) is 12.0. The number of aryl methyl sites for hydroxylation is 1. The van der Waals surface area contributed by atoms with Crippen LogP contribution in [0.3, 0.4) is 0 Å². The predicted molar refractivity (Wildman–Crippen MR) is 184 cm³/mol. The van der Waals surface area contributed by atoms with Crippen LogP contribution in [0.15, 0.2) is 60.8 Å². The topological polar surface area (TPSA) is 115 Å². The Balaban J connectivity index is 2.09. The molecule has 3 rings (SSSR count). The van der Waals surface area contributed by atoms with Crippen LogP contribution in [-0.2, 0) is 14.2 Å². The third-order valence-electron chi connectivity index (χ3n) is 5.85. The summed E-state index contributed by atoms with van der Waals surface area (Å²) in [6.45, 7) is 17.0. The van der Waals surface area contributed by atoms with Crippen molar-refractivity contribution in [1.82, 2.24) is 4.98 Å². The molecule has 4 amide bonds. The molecule has 2 aromatic carbocycles. The molecule has 250 valence electrons. The Bertz CT molecular complexity index is 1650. The summed E-state index contributed by atoms with van der Waals surface area (Å²) in [6, 6.07) is 15.1. The Morgan fingerprint density at radius 2 is 1.23 bits per heavy atom. The highest BCUT2D eigenvalue weighted by molar-refractivity contribution is 6.30. The number of hydrogen-bond donors (Lipinski definition) is 0. The first-order chi connectivity index (χ1) is 21.6. The van der Waals surface area contributed by atoms with Gasteiger partial charge in [-0.1, -0.05) is 53.6 Å². The Morgan fingerprint density at radius 3 is 1.77 bits per heavy atom. The van der Waals surface area contributed by atoms with E-state index in [1.165, 1.54) is 12.3 Å². The van der Waals surface area contributed by atoms with Gasteiger partial charge in [0, 0.05) is 17.3 Å². The molecule has 10 nitrogen and oxygen atoms in total. The first-order valence-electron chi connectivity index (χ1n) is 15.0. The zero-order chi connectivity index (χ0) is 35.3. The Hall–Kier alpha value is -4.70. The molecular weight excluding hydrogens is 622 g/mol. The third kappa shape index (κ3) is 11.0. The van der Waals surface area contributed by atoms with Crippen LogP contribution in [0.25, 0.3) is 12.2 Å². The summed E-state index contributed by atoms with van der Waals surface area (Å²) in [5.74, 6) is -0.633. The lowest BCUT2D eigenvalue weighted by atomic mass is 10.1. The molecule has 0 atom stereocenters. The van der Waals surface area contributed by atoms with E-state index in [2.05, 4.69) is 4.98 Å². The molecule has 1 aromatic heterocycles. The minimum absolute atomic E-state index is 0.0738. The fourth-order valence-corrected chi connectivity index (χ4v) is 4.26. The van der Waals surface area contributed by atoms with Gasteiger partial charge in [0.2, 0.25) is 0 Å². The molecule has 11 heteroatoms. The smallest absolute Gasteiger partial charge is 0.425 e. The van der Waals surface area contributed by atoms with Gasteiger partial charge in [-0.3, -0.25) is 4.79 Å². The van der Waals surface area contributed by atoms with E-state index in [1.54, 1.807) is 117 Å². The molecular formula is C36H42ClN3O7. The molecule has 0 saturated carbocycles. The van der Waals surface area contributed by atoms with Crippen molar-refractivity contribution >= 4 is 59.4 Å². The molecule has 0 spiro atoms. The number of benzene rings is 2. The number of imide groups is 2. The average Bonchev–Trinajstić information content (AvgIpc) is 2.90. The van der Waals surface area contributed by atoms with Crippen molar-refractivity contribution in [2.45, 2.75) is 86.0 Å². The molecule has 0 aliphatic carbocycles. The van der Waals surface area contributed by atoms with Crippen LogP contribution in [0.5, 0.6) is 0 Å². The zero-order valence-electron chi connectivity index (χ0n) is 28.5. The summed E-state index contributed by atoms with van der Waals surface area (Å²) in [5, 5.41) is 0.246. The molecule has 0 saturated heterocycles. The van der Waals surface area contributed by atoms with Gasteiger partial charge in [0.1, 0.15) is 16.8 Å². The number of ether oxygens (including phenoxy) is 3. The quantitative estimate of drug-likeness (QED) is 0.248. The van der Waals surface area contributed by atoms with E-state index < -0.39 is 41.0 Å². The summed E-state index contributed by atoms with van der Waals surface area (Å²) in [5.41, 5.74) is -0.401. The van der Waals surface area contributed by atoms with E-state index in [-0.39, 0.29) is 16.5 Å². The van der Waals surface area contributed by atoms with Crippen LogP contribution in [0.2, 0.25) is 5.02 Å². The molecule has 0 radical (unpaired) electrons. The Morgan fingerprint density at radius 1 is 0.702 bits per heavy atom. The molecule has 0 bridgehead atoms. The van der Waals surface area contributed by atoms with Crippen LogP contribution in [0, 0.1) is 6.92 Å². The standard InChI is InChI=1S/C36H42ClN3O7/c1-23-13-11-15-26(19-23)30(41)39(31(42)45-34(2,3)4)28-16-12-14-24(20-28)17-18-25-21-27(37)22-38-29(25)40(32(43)46-35(5,6)7)33(44)47-36(8,9)10/h11-22H,1-10H3/b18-17+. The van der Waals surface area contributed by atoms with Crippen molar-refractivity contribution in [1.29, 1.82) is 0 Å². The maximum absolute atomic E-state index is 13.7. The van der Waals surface area contributed by atoms with E-state index in [9.17, 15) is 19.2 Å². The minimum Gasteiger partial charge on any atom is -0.443 e. The van der Waals surface area contributed by atoms with E-state index in [0.29, 0.717) is 21.6 Å². The van der Waals surface area contributed by atoms with Gasteiger partial charge in [-0.2, -0.15) is 4.90 Å². The van der Waals surface area contributed by atoms with Gasteiger partial charge in [0.25, 0.3) is 5.91 Å². The van der Waals surface area contributed by atoms with Gasteiger partial charge in [0.15, 0.2) is 5.82 Å². The number of pyridine rings is 1. The van der Waals surface area contributed by atoms with Crippen LogP contribution < -0.4 is 9.80 Å². The minimum atomic E-state index is -0.985. The van der Waals surface area contributed by atoms with Crippen LogP contribution in [0.4, 0.5) is 25.9 Å². The number of aromatic nitrogens is 1. The largest absolute Gasteiger partial charge is 0.443 e. The number of carbonyl (C=O) groups is 4. The predicted octanol–water partition coefficient (Wildman–Crippen LogP) is 9.47. The van der Waals surface area contributed by atoms with Gasteiger partial charge in [-0.25, -0.2) is 24.3 Å². The van der Waals surface area contributed by atoms with Crippen LogP contribution >= 0.6 is 11.6 Å². The second-order valence-electron chi connectivity index (χ2n) is 13.8. The lowest BCUT2D eigenvalue weighted by Crippen LogP contribution is -2.44. The summed E-state index contributed by atoms with van der Waals surface area (Å²) in [7, 11) is 0. The number of anilines is 2. The van der Waals surface area contributed by atoms with E-state index in [1.807, 2.05) is 13.0 Å². The van der Waals surface area contributed by atoms with E-state index in [0.717, 1.165) is 10.5 Å². The van der Waals surface area contributed by atoms with Crippen molar-refractivity contribution in [2.24, 2.45) is 0 Å². The van der Waals surface area contributed by atoms with Crippen molar-refractivity contribution in [3.8, 4) is 0 Å². The monoisotopic (exact) mass is 663 g/mol. The molecule has 1 heterocycles. The van der Waals surface area contributed by atoms with Crippen molar-refractivity contribution in [2.75, 3.05) is 9.80 Å². The van der Waals surface area contributed by atoms with Gasteiger partial charge in [-0.05, 0) is 105 Å². The SMILES string of the molecule is Cc1cccc(C(=O)N(C(=O)OC(C)(C)C)c2cccc(/C=C/c3cc(Cl)cnc3N(C(=O)OC(C)(C)C)C(=O)OC(C)(C)C)c2)c1. The summed E-state index contributed by atoms with van der Waals surface area (Å²) < 4.78 is 16.6. The highest BCUT2D eigenvalue weighted by Gasteiger charge is 2.35. The van der Waals surface area contributed by atoms with Gasteiger partial charge in [-0.15, -0.1) is 0 Å². The number of rotatable bonds is 5. The van der Waals surface area contributed by atoms with Crippen LogP contribution in [-0.4, -0.2) is 46.0 Å². The Kier molecular flexibility index (Phi) is 11.2. The maximum atomic E-state index is 13.7. The number of halogens is 1. The lowest BCUT2D eigenvalue weighted by molar-refractivity contribution is 0.0426. The number of nitrogens with zero attached hydrogens (tertiary/aromatic N) is 3. The average molecular weight is 664 g/mol. The Labute approximate surface area is 281 Å². The molecule has 0 aliphatic heterocycles. The molecule has 0 unspecified atom stereocenters. The highest BCUT2D eigenvalue weighted by atomic mass is 35.5. The first kappa shape index (κ1) is 36.8. The van der Waals surface area contributed by atoms with Gasteiger partial charge < -0.3 is 14.2 Å². The van der Waals surface area contributed by atoms with E-state index >= 15 is 0 Å². The fourth-order valence-electron chi connectivity index (χ4n) is 4.09. The fraction of sp³-hybridized carbons (Fsp3) is 0.361. The molecule has 0 aliphatic rings. The molecule has 3 aromatic rings. The molecule has 47 heavy (non-hydrogen) atoms. The number of amides is 4. The van der Waals surface area contributed by atoms with Crippen molar-refractivity contribution in [3.05, 3.63) is 88.1 Å². The van der Waals surface area contributed by atoms with Crippen LogP contribution in [0.1, 0.15) is 89.4 Å². The van der Waals surface area contributed by atoms with Crippen molar-refractivity contribution < 1.29 is 33.4 Å². The summed E-state index contributed by atoms with van der Waals surface area (Å²) >= 11 is 6.29.